The van der Waals surface area contributed by atoms with Crippen molar-refractivity contribution >= 4 is 11.8 Å². The first kappa shape index (κ1) is 18.7. The summed E-state index contributed by atoms with van der Waals surface area (Å²) in [4.78, 5) is 30.0. The van der Waals surface area contributed by atoms with Crippen molar-refractivity contribution in [3.05, 3.63) is 23.8 Å². The van der Waals surface area contributed by atoms with Crippen molar-refractivity contribution in [3.63, 3.8) is 0 Å². The molecule has 3 heterocycles. The number of ether oxygens (including phenoxy) is 2. The third-order valence-electron chi connectivity index (χ3n) is 6.62. The van der Waals surface area contributed by atoms with Gasteiger partial charge in [-0.05, 0) is 69.2 Å². The molecule has 0 radical (unpaired) electrons. The number of amides is 2. The third kappa shape index (κ3) is 3.92. The van der Waals surface area contributed by atoms with E-state index in [1.807, 2.05) is 4.90 Å². The van der Waals surface area contributed by atoms with Crippen LogP contribution < -0.4 is 14.8 Å². The summed E-state index contributed by atoms with van der Waals surface area (Å²) in [6.07, 6.45) is 6.34. The van der Waals surface area contributed by atoms with E-state index in [0.29, 0.717) is 29.6 Å². The molecule has 1 aromatic carbocycles. The summed E-state index contributed by atoms with van der Waals surface area (Å²) in [6.45, 7) is 3.50. The minimum absolute atomic E-state index is 0.0971. The van der Waals surface area contributed by atoms with E-state index >= 15 is 0 Å². The fourth-order valence-electron chi connectivity index (χ4n) is 4.63. The standard InChI is InChI=1S/C22H29N3O4/c26-21(16-5-6-19-20(12-16)29-14-28-19)25-9-1-2-18(25)22(27)24-10-7-17(8-11-24)23-13-15-3-4-15/h5-6,12,15,17-18,23H,1-4,7-11,13-14H2. The van der Waals surface area contributed by atoms with E-state index < -0.39 is 0 Å². The van der Waals surface area contributed by atoms with Crippen LogP contribution in [0.1, 0.15) is 48.9 Å². The van der Waals surface area contributed by atoms with Crippen LogP contribution in [0.2, 0.25) is 0 Å². The molecule has 0 aromatic heterocycles. The average molecular weight is 399 g/mol. The SMILES string of the molecule is O=C(C1CCCN1C(=O)c1ccc2c(c1)OCO2)N1CCC(NCC2CC2)CC1. The Labute approximate surface area is 171 Å². The summed E-state index contributed by atoms with van der Waals surface area (Å²) < 4.78 is 10.7. The van der Waals surface area contributed by atoms with E-state index in [1.165, 1.54) is 12.8 Å². The van der Waals surface area contributed by atoms with Crippen molar-refractivity contribution in [1.82, 2.24) is 15.1 Å². The molecule has 3 aliphatic heterocycles. The Morgan fingerprint density at radius 2 is 1.79 bits per heavy atom. The minimum atomic E-state index is -0.344. The van der Waals surface area contributed by atoms with Crippen molar-refractivity contribution in [2.45, 2.75) is 50.6 Å². The second kappa shape index (κ2) is 7.86. The van der Waals surface area contributed by atoms with Gasteiger partial charge in [0.05, 0.1) is 0 Å². The number of likely N-dealkylation sites (tertiary alicyclic amines) is 2. The number of rotatable bonds is 5. The highest BCUT2D eigenvalue weighted by molar-refractivity contribution is 5.98. The van der Waals surface area contributed by atoms with Crippen LogP contribution in [0.4, 0.5) is 0 Å². The Balaban J connectivity index is 1.20. The summed E-state index contributed by atoms with van der Waals surface area (Å²) in [5, 5.41) is 3.66. The fourth-order valence-corrected chi connectivity index (χ4v) is 4.63. The Morgan fingerprint density at radius 1 is 1.00 bits per heavy atom. The highest BCUT2D eigenvalue weighted by Gasteiger charge is 2.38. The second-order valence-corrected chi connectivity index (χ2v) is 8.68. The molecule has 1 atom stereocenters. The zero-order valence-corrected chi connectivity index (χ0v) is 16.8. The molecule has 2 amide bonds. The molecule has 3 fully saturated rings. The molecule has 7 heteroatoms. The Bertz CT molecular complexity index is 786. The monoisotopic (exact) mass is 399 g/mol. The van der Waals surface area contributed by atoms with E-state index in [4.69, 9.17) is 9.47 Å². The summed E-state index contributed by atoms with van der Waals surface area (Å²) in [7, 11) is 0. The number of hydrogen-bond donors (Lipinski definition) is 1. The number of nitrogens with one attached hydrogen (secondary N) is 1. The van der Waals surface area contributed by atoms with Gasteiger partial charge in [0.25, 0.3) is 5.91 Å². The molecule has 29 heavy (non-hydrogen) atoms. The van der Waals surface area contributed by atoms with Crippen LogP contribution in [-0.4, -0.2) is 66.7 Å². The maximum Gasteiger partial charge on any atom is 0.254 e. The predicted molar refractivity (Wildman–Crippen MR) is 107 cm³/mol. The van der Waals surface area contributed by atoms with E-state index in [9.17, 15) is 9.59 Å². The number of hydrogen-bond acceptors (Lipinski definition) is 5. The van der Waals surface area contributed by atoms with Crippen molar-refractivity contribution in [2.75, 3.05) is 33.0 Å². The van der Waals surface area contributed by atoms with E-state index in [2.05, 4.69) is 5.32 Å². The maximum absolute atomic E-state index is 13.2. The van der Waals surface area contributed by atoms with Gasteiger partial charge in [-0.15, -0.1) is 0 Å². The van der Waals surface area contributed by atoms with E-state index in [-0.39, 0.29) is 24.6 Å². The number of carbonyl (C=O) groups excluding carboxylic acids is 2. The van der Waals surface area contributed by atoms with Crippen molar-refractivity contribution in [1.29, 1.82) is 0 Å². The van der Waals surface area contributed by atoms with Crippen LogP contribution in [0, 0.1) is 5.92 Å². The van der Waals surface area contributed by atoms with Gasteiger partial charge < -0.3 is 24.6 Å². The number of carbonyl (C=O) groups is 2. The van der Waals surface area contributed by atoms with Gasteiger partial charge in [-0.2, -0.15) is 0 Å². The van der Waals surface area contributed by atoms with Crippen LogP contribution in [0.15, 0.2) is 18.2 Å². The first-order chi connectivity index (χ1) is 14.2. The second-order valence-electron chi connectivity index (χ2n) is 8.68. The molecular weight excluding hydrogens is 370 g/mol. The number of benzene rings is 1. The fraction of sp³-hybridized carbons (Fsp3) is 0.636. The molecule has 0 spiro atoms. The molecule has 1 unspecified atom stereocenters. The van der Waals surface area contributed by atoms with Gasteiger partial charge in [-0.3, -0.25) is 9.59 Å². The summed E-state index contributed by atoms with van der Waals surface area (Å²) in [6, 6.07) is 5.43. The summed E-state index contributed by atoms with van der Waals surface area (Å²) >= 11 is 0. The number of nitrogens with zero attached hydrogens (tertiary/aromatic N) is 2. The van der Waals surface area contributed by atoms with Gasteiger partial charge in [-0.1, -0.05) is 0 Å². The molecule has 156 valence electrons. The summed E-state index contributed by atoms with van der Waals surface area (Å²) in [5.74, 6) is 2.15. The van der Waals surface area contributed by atoms with Gasteiger partial charge >= 0.3 is 0 Å². The molecule has 0 bridgehead atoms. The smallest absolute Gasteiger partial charge is 0.254 e. The predicted octanol–water partition coefficient (Wildman–Crippen LogP) is 2.01. The zero-order valence-electron chi connectivity index (χ0n) is 16.8. The molecule has 1 saturated carbocycles. The minimum Gasteiger partial charge on any atom is -0.454 e. The van der Waals surface area contributed by atoms with Crippen molar-refractivity contribution in [2.24, 2.45) is 5.92 Å². The molecule has 4 aliphatic rings. The zero-order chi connectivity index (χ0) is 19.8. The van der Waals surface area contributed by atoms with Gasteiger partial charge in [0.15, 0.2) is 11.5 Å². The first-order valence-electron chi connectivity index (χ1n) is 10.9. The molecule has 1 aromatic rings. The molecule has 7 nitrogen and oxygen atoms in total. The lowest BCUT2D eigenvalue weighted by molar-refractivity contribution is -0.136. The van der Waals surface area contributed by atoms with Crippen molar-refractivity contribution in [3.8, 4) is 11.5 Å². The van der Waals surface area contributed by atoms with Crippen LogP contribution >= 0.6 is 0 Å². The Hall–Kier alpha value is -2.28. The molecule has 1 N–H and O–H groups in total. The first-order valence-corrected chi connectivity index (χ1v) is 10.9. The highest BCUT2D eigenvalue weighted by Crippen LogP contribution is 2.34. The lowest BCUT2D eigenvalue weighted by atomic mass is 10.0. The third-order valence-corrected chi connectivity index (χ3v) is 6.62. The number of piperidine rings is 1. The molecule has 1 aliphatic carbocycles. The van der Waals surface area contributed by atoms with Crippen molar-refractivity contribution < 1.29 is 19.1 Å². The van der Waals surface area contributed by atoms with E-state index in [0.717, 1.165) is 51.2 Å². The van der Waals surface area contributed by atoms with Gasteiger partial charge in [0.1, 0.15) is 6.04 Å². The highest BCUT2D eigenvalue weighted by atomic mass is 16.7. The maximum atomic E-state index is 13.2. The largest absolute Gasteiger partial charge is 0.454 e. The van der Waals surface area contributed by atoms with Gasteiger partial charge in [0, 0.05) is 31.2 Å². The van der Waals surface area contributed by atoms with E-state index in [1.54, 1.807) is 23.1 Å². The molecule has 5 rings (SSSR count). The Kier molecular flexibility index (Phi) is 5.08. The normalized spacial score (nSPS) is 24.2. The average Bonchev–Trinajstić information content (AvgIpc) is 3.25. The van der Waals surface area contributed by atoms with Crippen LogP contribution in [0.3, 0.4) is 0 Å². The molecular formula is C22H29N3O4. The van der Waals surface area contributed by atoms with Gasteiger partial charge in [-0.25, -0.2) is 0 Å². The van der Waals surface area contributed by atoms with Crippen LogP contribution in [0.5, 0.6) is 11.5 Å². The van der Waals surface area contributed by atoms with Gasteiger partial charge in [0.2, 0.25) is 12.7 Å². The summed E-state index contributed by atoms with van der Waals surface area (Å²) in [5.41, 5.74) is 0.553. The lowest BCUT2D eigenvalue weighted by Gasteiger charge is -2.36. The quantitative estimate of drug-likeness (QED) is 0.820. The van der Waals surface area contributed by atoms with Crippen LogP contribution in [-0.2, 0) is 4.79 Å². The Morgan fingerprint density at radius 3 is 2.59 bits per heavy atom. The topological polar surface area (TPSA) is 71.1 Å². The number of fused-ring (bicyclic) bond motifs is 1. The van der Waals surface area contributed by atoms with Crippen LogP contribution in [0.25, 0.3) is 0 Å². The lowest BCUT2D eigenvalue weighted by Crippen LogP contribution is -2.52. The molecule has 2 saturated heterocycles.